The van der Waals surface area contributed by atoms with Crippen LogP contribution in [0.5, 0.6) is 0 Å². The summed E-state index contributed by atoms with van der Waals surface area (Å²) >= 11 is 6.34. The maximum absolute atomic E-state index is 6.34. The summed E-state index contributed by atoms with van der Waals surface area (Å²) in [6.07, 6.45) is 0. The minimum Gasteiger partial charge on any atom is -0.384 e. The minimum atomic E-state index is 0.0334. The number of methoxy groups -OCH3 is 1. The van der Waals surface area contributed by atoms with Gasteiger partial charge in [0, 0.05) is 31.5 Å². The van der Waals surface area contributed by atoms with Gasteiger partial charge in [0.15, 0.2) is 5.82 Å². The van der Waals surface area contributed by atoms with Crippen LogP contribution in [0.4, 0.5) is 11.8 Å². The quantitative estimate of drug-likeness (QED) is 0.901. The second-order valence-corrected chi connectivity index (χ2v) is 6.07. The third-order valence-corrected chi connectivity index (χ3v) is 4.71. The van der Waals surface area contributed by atoms with Crippen LogP contribution in [-0.4, -0.2) is 50.0 Å². The average molecular weight is 299 g/mol. The number of ether oxygens (including phenoxy) is 2. The minimum absolute atomic E-state index is 0.0334. The molecule has 0 unspecified atom stereocenters. The van der Waals surface area contributed by atoms with Crippen LogP contribution < -0.4 is 10.6 Å². The first-order valence-electron chi connectivity index (χ1n) is 6.67. The fourth-order valence-corrected chi connectivity index (χ4v) is 3.46. The molecule has 2 N–H and O–H groups in total. The maximum Gasteiger partial charge on any atom is 0.222 e. The van der Waals surface area contributed by atoms with Gasteiger partial charge in [-0.1, -0.05) is 11.6 Å². The summed E-state index contributed by atoms with van der Waals surface area (Å²) in [4.78, 5) is 10.6. The molecule has 0 amide bonds. The zero-order valence-electron chi connectivity index (χ0n) is 11.7. The van der Waals surface area contributed by atoms with E-state index in [0.717, 1.165) is 32.1 Å². The lowest BCUT2D eigenvalue weighted by Crippen LogP contribution is -2.35. The molecule has 0 radical (unpaired) electrons. The molecule has 0 saturated carbocycles. The Labute approximate surface area is 123 Å². The van der Waals surface area contributed by atoms with Gasteiger partial charge in [0.25, 0.3) is 0 Å². The standard InChI is InChI=1S/C13H19ClN4O2/c1-8-10(14)11(17-12(15)16-8)18-3-9-4-20-7-13(9,5-18)6-19-2/h9H,3-7H2,1-2H3,(H2,15,16,17)/t9-,13-/m0/s1. The average Bonchev–Trinajstić information content (AvgIpc) is 2.90. The normalized spacial score (nSPS) is 28.9. The van der Waals surface area contributed by atoms with Gasteiger partial charge in [-0.3, -0.25) is 0 Å². The Kier molecular flexibility index (Phi) is 3.48. The molecule has 1 aromatic heterocycles. The SMILES string of the molecule is COC[C@@]12COC[C@@H]1CN(c1nc(N)nc(C)c1Cl)C2. The predicted octanol–water partition coefficient (Wildman–Crippen LogP) is 1.12. The Balaban J connectivity index is 1.91. The first-order chi connectivity index (χ1) is 9.55. The number of anilines is 2. The highest BCUT2D eigenvalue weighted by molar-refractivity contribution is 6.33. The van der Waals surface area contributed by atoms with Crippen LogP contribution in [-0.2, 0) is 9.47 Å². The number of nitrogen functional groups attached to an aromatic ring is 1. The lowest BCUT2D eigenvalue weighted by Gasteiger charge is -2.26. The lowest BCUT2D eigenvalue weighted by molar-refractivity contribution is 0.0660. The van der Waals surface area contributed by atoms with E-state index < -0.39 is 0 Å². The Morgan fingerprint density at radius 2 is 2.35 bits per heavy atom. The molecule has 2 aliphatic heterocycles. The van der Waals surface area contributed by atoms with E-state index >= 15 is 0 Å². The van der Waals surface area contributed by atoms with Crippen LogP contribution in [0.1, 0.15) is 5.69 Å². The van der Waals surface area contributed by atoms with E-state index in [4.69, 9.17) is 26.8 Å². The van der Waals surface area contributed by atoms with Crippen LogP contribution in [0.3, 0.4) is 0 Å². The predicted molar refractivity (Wildman–Crippen MR) is 77.0 cm³/mol. The first-order valence-corrected chi connectivity index (χ1v) is 7.05. The Hall–Kier alpha value is -1.11. The molecule has 2 aliphatic rings. The van der Waals surface area contributed by atoms with Gasteiger partial charge < -0.3 is 20.1 Å². The summed E-state index contributed by atoms with van der Waals surface area (Å²) in [6, 6.07) is 0. The van der Waals surface area contributed by atoms with E-state index in [2.05, 4.69) is 14.9 Å². The smallest absolute Gasteiger partial charge is 0.222 e. The number of fused-ring (bicyclic) bond motifs is 1. The summed E-state index contributed by atoms with van der Waals surface area (Å²) < 4.78 is 11.0. The molecule has 2 saturated heterocycles. The molecule has 0 aromatic carbocycles. The highest BCUT2D eigenvalue weighted by atomic mass is 35.5. The van der Waals surface area contributed by atoms with Crippen molar-refractivity contribution < 1.29 is 9.47 Å². The second kappa shape index (κ2) is 5.02. The van der Waals surface area contributed by atoms with Crippen molar-refractivity contribution in [2.45, 2.75) is 6.92 Å². The molecule has 1 aromatic rings. The molecule has 0 aliphatic carbocycles. The Morgan fingerprint density at radius 3 is 3.10 bits per heavy atom. The molecule has 0 spiro atoms. The van der Waals surface area contributed by atoms with Crippen molar-refractivity contribution in [3.8, 4) is 0 Å². The Morgan fingerprint density at radius 1 is 1.55 bits per heavy atom. The van der Waals surface area contributed by atoms with Crippen molar-refractivity contribution in [1.82, 2.24) is 9.97 Å². The lowest BCUT2D eigenvalue weighted by atomic mass is 9.82. The molecule has 6 nitrogen and oxygen atoms in total. The number of hydrogen-bond acceptors (Lipinski definition) is 6. The third kappa shape index (κ3) is 2.12. The van der Waals surface area contributed by atoms with Crippen LogP contribution in [0.2, 0.25) is 5.02 Å². The van der Waals surface area contributed by atoms with Crippen molar-refractivity contribution >= 4 is 23.4 Å². The van der Waals surface area contributed by atoms with Crippen LogP contribution in [0.15, 0.2) is 0 Å². The number of halogens is 1. The second-order valence-electron chi connectivity index (χ2n) is 5.69. The number of rotatable bonds is 3. The van der Waals surface area contributed by atoms with E-state index in [-0.39, 0.29) is 11.4 Å². The monoisotopic (exact) mass is 298 g/mol. The van der Waals surface area contributed by atoms with E-state index in [1.807, 2.05) is 6.92 Å². The number of hydrogen-bond donors (Lipinski definition) is 1. The molecule has 20 heavy (non-hydrogen) atoms. The van der Waals surface area contributed by atoms with Gasteiger partial charge >= 0.3 is 0 Å². The van der Waals surface area contributed by atoms with Crippen LogP contribution in [0.25, 0.3) is 0 Å². The van der Waals surface area contributed by atoms with Gasteiger partial charge in [-0.05, 0) is 6.92 Å². The van der Waals surface area contributed by atoms with Gasteiger partial charge in [0.2, 0.25) is 5.95 Å². The fourth-order valence-electron chi connectivity index (χ4n) is 3.26. The number of nitrogens with zero attached hydrogens (tertiary/aromatic N) is 3. The molecule has 3 rings (SSSR count). The largest absolute Gasteiger partial charge is 0.384 e. The van der Waals surface area contributed by atoms with E-state index in [0.29, 0.717) is 23.2 Å². The van der Waals surface area contributed by atoms with Crippen molar-refractivity contribution in [3.05, 3.63) is 10.7 Å². The molecular formula is C13H19ClN4O2. The van der Waals surface area contributed by atoms with E-state index in [1.54, 1.807) is 7.11 Å². The summed E-state index contributed by atoms with van der Waals surface area (Å²) in [6.45, 7) is 5.69. The number of aromatic nitrogens is 2. The highest BCUT2D eigenvalue weighted by Gasteiger charge is 2.51. The van der Waals surface area contributed by atoms with E-state index in [9.17, 15) is 0 Å². The third-order valence-electron chi connectivity index (χ3n) is 4.27. The summed E-state index contributed by atoms with van der Waals surface area (Å²) in [5.74, 6) is 1.42. The molecule has 0 bridgehead atoms. The van der Waals surface area contributed by atoms with Crippen molar-refractivity contribution in [3.63, 3.8) is 0 Å². The first kappa shape index (κ1) is 13.9. The summed E-state index contributed by atoms with van der Waals surface area (Å²) in [7, 11) is 1.73. The zero-order valence-corrected chi connectivity index (χ0v) is 12.5. The van der Waals surface area contributed by atoms with Crippen molar-refractivity contribution in [2.24, 2.45) is 11.3 Å². The molecular weight excluding hydrogens is 280 g/mol. The Bertz CT molecular complexity index is 527. The van der Waals surface area contributed by atoms with Gasteiger partial charge in [-0.15, -0.1) is 0 Å². The van der Waals surface area contributed by atoms with Gasteiger partial charge in [0.1, 0.15) is 5.02 Å². The summed E-state index contributed by atoms with van der Waals surface area (Å²) in [5.41, 5.74) is 6.49. The molecule has 3 heterocycles. The molecule has 2 fully saturated rings. The van der Waals surface area contributed by atoms with Crippen molar-refractivity contribution in [1.29, 1.82) is 0 Å². The topological polar surface area (TPSA) is 73.5 Å². The maximum atomic E-state index is 6.34. The van der Waals surface area contributed by atoms with E-state index in [1.165, 1.54) is 0 Å². The van der Waals surface area contributed by atoms with Gasteiger partial charge in [0.05, 0.1) is 25.5 Å². The van der Waals surface area contributed by atoms with Gasteiger partial charge in [-0.2, -0.15) is 4.98 Å². The number of aryl methyl sites for hydroxylation is 1. The highest BCUT2D eigenvalue weighted by Crippen LogP contribution is 2.44. The molecule has 2 atom stereocenters. The molecule has 110 valence electrons. The van der Waals surface area contributed by atoms with Crippen LogP contribution in [0, 0.1) is 18.3 Å². The number of nitrogens with two attached hydrogens (primary N) is 1. The van der Waals surface area contributed by atoms with Crippen LogP contribution >= 0.6 is 11.6 Å². The molecule has 7 heteroatoms. The van der Waals surface area contributed by atoms with Crippen molar-refractivity contribution in [2.75, 3.05) is 50.7 Å². The zero-order chi connectivity index (χ0) is 14.3. The van der Waals surface area contributed by atoms with Gasteiger partial charge in [-0.25, -0.2) is 4.98 Å². The fraction of sp³-hybridized carbons (Fsp3) is 0.692. The summed E-state index contributed by atoms with van der Waals surface area (Å²) in [5, 5.41) is 0.577.